The molecule has 0 aliphatic carbocycles. The van der Waals surface area contributed by atoms with Crippen molar-refractivity contribution < 1.29 is 4.74 Å². The molecule has 0 heterocycles. The van der Waals surface area contributed by atoms with Gasteiger partial charge in [-0.2, -0.15) is 0 Å². The quantitative estimate of drug-likeness (QED) is 0.559. The van der Waals surface area contributed by atoms with Crippen LogP contribution in [0.5, 0.6) is 0 Å². The molecule has 0 saturated carbocycles. The second-order valence-electron chi connectivity index (χ2n) is 3.69. The molecule has 0 bridgehead atoms. The summed E-state index contributed by atoms with van der Waals surface area (Å²) in [4.78, 5) is 0. The van der Waals surface area contributed by atoms with Crippen molar-refractivity contribution in [2.75, 3.05) is 13.7 Å². The molecule has 16 heavy (non-hydrogen) atoms. The number of methoxy groups -OCH3 is 1. The first kappa shape index (κ1) is 12.8. The van der Waals surface area contributed by atoms with Gasteiger partial charge in [-0.3, -0.25) is 0 Å². The van der Waals surface area contributed by atoms with Crippen LogP contribution in [0.1, 0.15) is 24.0 Å². The minimum atomic E-state index is 0.669. The van der Waals surface area contributed by atoms with Crippen molar-refractivity contribution >= 4 is 0 Å². The Balaban J connectivity index is 2.38. The van der Waals surface area contributed by atoms with Gasteiger partial charge in [-0.05, 0) is 24.1 Å². The maximum absolute atomic E-state index is 5.19. The SMILES string of the molecule is C#CCCCNCc1ccccc1COC. The summed E-state index contributed by atoms with van der Waals surface area (Å²) in [7, 11) is 1.72. The number of unbranched alkanes of at least 4 members (excludes halogenated alkanes) is 1. The normalized spacial score (nSPS) is 10.0. The first-order chi connectivity index (χ1) is 7.88. The predicted octanol–water partition coefficient (Wildman–Crippen LogP) is 2.34. The van der Waals surface area contributed by atoms with Gasteiger partial charge in [-0.25, -0.2) is 0 Å². The van der Waals surface area contributed by atoms with Gasteiger partial charge in [0.15, 0.2) is 0 Å². The summed E-state index contributed by atoms with van der Waals surface area (Å²) >= 11 is 0. The van der Waals surface area contributed by atoms with Crippen LogP contribution < -0.4 is 5.32 Å². The van der Waals surface area contributed by atoms with Crippen LogP contribution in [-0.2, 0) is 17.9 Å². The molecule has 0 unspecified atom stereocenters. The van der Waals surface area contributed by atoms with Gasteiger partial charge in [0.05, 0.1) is 6.61 Å². The molecule has 0 atom stereocenters. The molecule has 0 aliphatic heterocycles. The summed E-state index contributed by atoms with van der Waals surface area (Å²) in [5.74, 6) is 2.64. The number of hydrogen-bond acceptors (Lipinski definition) is 2. The second-order valence-corrected chi connectivity index (χ2v) is 3.69. The third-order valence-corrected chi connectivity index (χ3v) is 2.41. The molecule has 0 aliphatic rings. The fourth-order valence-corrected chi connectivity index (χ4v) is 1.56. The molecule has 1 N–H and O–H groups in total. The van der Waals surface area contributed by atoms with E-state index in [1.807, 2.05) is 6.07 Å². The maximum Gasteiger partial charge on any atom is 0.0716 e. The Morgan fingerprint density at radius 1 is 1.31 bits per heavy atom. The van der Waals surface area contributed by atoms with E-state index in [2.05, 4.69) is 29.4 Å². The van der Waals surface area contributed by atoms with Gasteiger partial charge in [0.1, 0.15) is 0 Å². The van der Waals surface area contributed by atoms with Crippen LogP contribution in [0.3, 0.4) is 0 Å². The average molecular weight is 217 g/mol. The Bertz CT molecular complexity index is 341. The van der Waals surface area contributed by atoms with Crippen LogP contribution in [0.2, 0.25) is 0 Å². The highest BCUT2D eigenvalue weighted by Crippen LogP contribution is 2.09. The van der Waals surface area contributed by atoms with E-state index in [1.54, 1.807) is 7.11 Å². The largest absolute Gasteiger partial charge is 0.380 e. The number of benzene rings is 1. The number of terminal acetylenes is 1. The molecular weight excluding hydrogens is 198 g/mol. The lowest BCUT2D eigenvalue weighted by Gasteiger charge is -2.09. The van der Waals surface area contributed by atoms with E-state index >= 15 is 0 Å². The minimum Gasteiger partial charge on any atom is -0.380 e. The van der Waals surface area contributed by atoms with Crippen molar-refractivity contribution in [1.29, 1.82) is 0 Å². The van der Waals surface area contributed by atoms with Crippen molar-refractivity contribution in [1.82, 2.24) is 5.32 Å². The molecule has 0 radical (unpaired) electrons. The molecular formula is C14H19NO. The molecule has 0 amide bonds. The van der Waals surface area contributed by atoms with E-state index in [-0.39, 0.29) is 0 Å². The summed E-state index contributed by atoms with van der Waals surface area (Å²) < 4.78 is 5.16. The van der Waals surface area contributed by atoms with Crippen molar-refractivity contribution in [3.05, 3.63) is 35.4 Å². The van der Waals surface area contributed by atoms with Crippen LogP contribution in [0.4, 0.5) is 0 Å². The van der Waals surface area contributed by atoms with Gasteiger partial charge in [-0.1, -0.05) is 24.3 Å². The molecule has 1 aromatic rings. The lowest BCUT2D eigenvalue weighted by molar-refractivity contribution is 0.184. The molecule has 1 aromatic carbocycles. The van der Waals surface area contributed by atoms with Crippen LogP contribution >= 0.6 is 0 Å². The average Bonchev–Trinajstić information content (AvgIpc) is 2.31. The molecule has 1 rings (SSSR count). The van der Waals surface area contributed by atoms with Crippen molar-refractivity contribution in [2.24, 2.45) is 0 Å². The summed E-state index contributed by atoms with van der Waals surface area (Å²) in [6.45, 7) is 2.51. The Labute approximate surface area is 98.0 Å². The van der Waals surface area contributed by atoms with Crippen molar-refractivity contribution in [2.45, 2.75) is 26.0 Å². The Morgan fingerprint density at radius 2 is 2.06 bits per heavy atom. The highest BCUT2D eigenvalue weighted by Gasteiger charge is 2.00. The first-order valence-corrected chi connectivity index (χ1v) is 5.58. The molecule has 0 spiro atoms. The molecule has 0 fully saturated rings. The molecule has 0 aromatic heterocycles. The van der Waals surface area contributed by atoms with E-state index in [9.17, 15) is 0 Å². The maximum atomic E-state index is 5.19. The lowest BCUT2D eigenvalue weighted by atomic mass is 10.1. The number of rotatable bonds is 7. The molecule has 2 nitrogen and oxygen atoms in total. The minimum absolute atomic E-state index is 0.669. The van der Waals surface area contributed by atoms with Gasteiger partial charge < -0.3 is 10.1 Å². The van der Waals surface area contributed by atoms with Gasteiger partial charge in [0.2, 0.25) is 0 Å². The predicted molar refractivity (Wildman–Crippen MR) is 66.9 cm³/mol. The fraction of sp³-hybridized carbons (Fsp3) is 0.429. The smallest absolute Gasteiger partial charge is 0.0716 e. The summed E-state index contributed by atoms with van der Waals surface area (Å²) in [5, 5.41) is 3.38. The van der Waals surface area contributed by atoms with Crippen LogP contribution in [-0.4, -0.2) is 13.7 Å². The van der Waals surface area contributed by atoms with Gasteiger partial charge >= 0.3 is 0 Å². The van der Waals surface area contributed by atoms with Crippen molar-refractivity contribution in [3.63, 3.8) is 0 Å². The summed E-state index contributed by atoms with van der Waals surface area (Å²) in [6, 6.07) is 8.32. The van der Waals surface area contributed by atoms with E-state index in [0.29, 0.717) is 6.61 Å². The fourth-order valence-electron chi connectivity index (χ4n) is 1.56. The Morgan fingerprint density at radius 3 is 2.75 bits per heavy atom. The Hall–Kier alpha value is -1.30. The van der Waals surface area contributed by atoms with Gasteiger partial charge in [0.25, 0.3) is 0 Å². The van der Waals surface area contributed by atoms with Gasteiger partial charge in [0, 0.05) is 20.1 Å². The number of nitrogens with one attached hydrogen (secondary N) is 1. The van der Waals surface area contributed by atoms with E-state index in [1.165, 1.54) is 11.1 Å². The second kappa shape index (κ2) is 7.92. The van der Waals surface area contributed by atoms with Crippen molar-refractivity contribution in [3.8, 4) is 12.3 Å². The van der Waals surface area contributed by atoms with Crippen LogP contribution in [0, 0.1) is 12.3 Å². The standard InChI is InChI=1S/C14H19NO/c1-3-4-7-10-15-11-13-8-5-6-9-14(13)12-16-2/h1,5-6,8-9,15H,4,7,10-12H2,2H3. The van der Waals surface area contributed by atoms with E-state index in [4.69, 9.17) is 11.2 Å². The van der Waals surface area contributed by atoms with Crippen LogP contribution in [0.25, 0.3) is 0 Å². The third-order valence-electron chi connectivity index (χ3n) is 2.41. The summed E-state index contributed by atoms with van der Waals surface area (Å²) in [5.41, 5.74) is 2.54. The topological polar surface area (TPSA) is 21.3 Å². The number of hydrogen-bond donors (Lipinski definition) is 1. The number of ether oxygens (including phenoxy) is 1. The summed E-state index contributed by atoms with van der Waals surface area (Å²) in [6.07, 6.45) is 7.06. The monoisotopic (exact) mass is 217 g/mol. The first-order valence-electron chi connectivity index (χ1n) is 5.58. The Kier molecular flexibility index (Phi) is 6.32. The van der Waals surface area contributed by atoms with Crippen LogP contribution in [0.15, 0.2) is 24.3 Å². The molecule has 86 valence electrons. The molecule has 2 heteroatoms. The third kappa shape index (κ3) is 4.48. The van der Waals surface area contributed by atoms with E-state index < -0.39 is 0 Å². The van der Waals surface area contributed by atoms with E-state index in [0.717, 1.165) is 25.9 Å². The zero-order valence-corrected chi connectivity index (χ0v) is 9.83. The highest BCUT2D eigenvalue weighted by molar-refractivity contribution is 5.26. The molecule has 0 saturated heterocycles. The highest BCUT2D eigenvalue weighted by atomic mass is 16.5. The zero-order valence-electron chi connectivity index (χ0n) is 9.83. The zero-order chi connectivity index (χ0) is 11.6. The lowest BCUT2D eigenvalue weighted by Crippen LogP contribution is -2.15. The van der Waals surface area contributed by atoms with Gasteiger partial charge in [-0.15, -0.1) is 12.3 Å².